The van der Waals surface area contributed by atoms with Crippen molar-refractivity contribution in [2.45, 2.75) is 25.2 Å². The largest absolute Gasteiger partial charge is 0.508 e. The van der Waals surface area contributed by atoms with Gasteiger partial charge < -0.3 is 15.5 Å². The Balaban J connectivity index is 0.000000494. The van der Waals surface area contributed by atoms with Gasteiger partial charge in [-0.15, -0.1) is 0 Å². The molecule has 6 nitrogen and oxygen atoms in total. The summed E-state index contributed by atoms with van der Waals surface area (Å²) >= 11 is 0. The zero-order valence-corrected chi connectivity index (χ0v) is 11.7. The molecule has 0 saturated carbocycles. The molecule has 1 rings (SSSR count). The smallest absolute Gasteiger partial charge is 0.301 e. The molecule has 18 heavy (non-hydrogen) atoms. The molecule has 1 unspecified atom stereocenters. The first kappa shape index (κ1) is 17.1. The maximum absolute atomic E-state index is 11.1. The number of aliphatic hydroxyl groups excluding tert-OH is 1. The number of rotatable bonds is 4. The maximum atomic E-state index is 11.1. The van der Waals surface area contributed by atoms with Gasteiger partial charge in [0.15, 0.2) is 0 Å². The lowest BCUT2D eigenvalue weighted by molar-refractivity contribution is 0.154. The monoisotopic (exact) mass is 279 g/mol. The Kier molecular flexibility index (Phi) is 7.15. The summed E-state index contributed by atoms with van der Waals surface area (Å²) in [6.45, 7) is 6.39. The van der Waals surface area contributed by atoms with E-state index in [2.05, 4.69) is 23.3 Å². The summed E-state index contributed by atoms with van der Waals surface area (Å²) in [6.07, 6.45) is 3.09. The lowest BCUT2D eigenvalue weighted by atomic mass is 10.1. The Morgan fingerprint density at radius 2 is 2.00 bits per heavy atom. The predicted octanol–water partition coefficient (Wildman–Crippen LogP) is 0.669. The van der Waals surface area contributed by atoms with E-state index in [0.29, 0.717) is 0 Å². The zero-order chi connectivity index (χ0) is 14.2. The summed E-state index contributed by atoms with van der Waals surface area (Å²) in [5.74, 6) is -0.0732. The SMILES string of the molecule is CCNCC.COS(=O)(=O)C1(O)C=CC(O)=CC1. The van der Waals surface area contributed by atoms with E-state index >= 15 is 0 Å². The summed E-state index contributed by atoms with van der Waals surface area (Å²) in [5.41, 5.74) is 0. The molecule has 0 radical (unpaired) electrons. The van der Waals surface area contributed by atoms with E-state index in [1.807, 2.05) is 0 Å². The Morgan fingerprint density at radius 1 is 1.44 bits per heavy atom. The standard InChI is InChI=1S/C7H10O5S.C4H11N/c1-12-13(10,11)7(9)4-2-6(8)3-5-7;1-3-5-4-2/h2-4,8-9H,5H2,1H3;5H,3-4H2,1-2H3. The second kappa shape index (κ2) is 7.52. The Bertz CT molecular complexity index is 400. The van der Waals surface area contributed by atoms with Crippen LogP contribution in [0.1, 0.15) is 20.3 Å². The summed E-state index contributed by atoms with van der Waals surface area (Å²) in [5, 5.41) is 21.6. The van der Waals surface area contributed by atoms with Crippen LogP contribution < -0.4 is 5.32 Å². The molecule has 106 valence electrons. The van der Waals surface area contributed by atoms with Gasteiger partial charge in [0.2, 0.25) is 4.93 Å². The number of hydrogen-bond donors (Lipinski definition) is 3. The van der Waals surface area contributed by atoms with E-state index in [9.17, 15) is 13.5 Å². The topological polar surface area (TPSA) is 95.9 Å². The molecule has 0 aromatic heterocycles. The van der Waals surface area contributed by atoms with E-state index in [1.165, 1.54) is 6.08 Å². The van der Waals surface area contributed by atoms with E-state index in [1.54, 1.807) is 0 Å². The van der Waals surface area contributed by atoms with Crippen LogP contribution in [0.3, 0.4) is 0 Å². The van der Waals surface area contributed by atoms with Crippen molar-refractivity contribution in [3.63, 3.8) is 0 Å². The Hall–Kier alpha value is -0.890. The molecular weight excluding hydrogens is 258 g/mol. The highest BCUT2D eigenvalue weighted by atomic mass is 32.2. The fourth-order valence-electron chi connectivity index (χ4n) is 1.18. The second-order valence-electron chi connectivity index (χ2n) is 3.59. The number of nitrogens with one attached hydrogen (secondary N) is 1. The summed E-state index contributed by atoms with van der Waals surface area (Å²) in [6, 6.07) is 0. The zero-order valence-electron chi connectivity index (χ0n) is 10.9. The van der Waals surface area contributed by atoms with Gasteiger partial charge in [0, 0.05) is 6.42 Å². The van der Waals surface area contributed by atoms with Crippen molar-refractivity contribution in [3.8, 4) is 0 Å². The molecule has 0 fully saturated rings. The van der Waals surface area contributed by atoms with Gasteiger partial charge in [-0.2, -0.15) is 8.42 Å². The Labute approximate surface area is 108 Å². The summed E-state index contributed by atoms with van der Waals surface area (Å²) < 4.78 is 26.5. The van der Waals surface area contributed by atoms with Crippen LogP contribution in [0, 0.1) is 0 Å². The molecule has 0 saturated heterocycles. The third-order valence-electron chi connectivity index (χ3n) is 2.27. The van der Waals surface area contributed by atoms with E-state index < -0.39 is 15.1 Å². The minimum absolute atomic E-state index is 0.0732. The van der Waals surface area contributed by atoms with E-state index in [4.69, 9.17) is 5.11 Å². The van der Waals surface area contributed by atoms with E-state index in [0.717, 1.165) is 32.4 Å². The molecule has 0 aromatic rings. The molecule has 7 heteroatoms. The van der Waals surface area contributed by atoms with Gasteiger partial charge in [-0.3, -0.25) is 4.18 Å². The van der Waals surface area contributed by atoms with E-state index in [-0.39, 0.29) is 12.2 Å². The first-order valence-corrected chi connectivity index (χ1v) is 7.05. The van der Waals surface area contributed by atoms with Gasteiger partial charge in [-0.1, -0.05) is 13.8 Å². The Morgan fingerprint density at radius 3 is 2.28 bits per heavy atom. The van der Waals surface area contributed by atoms with Crippen LogP contribution in [-0.4, -0.2) is 43.8 Å². The average Bonchev–Trinajstić information content (AvgIpc) is 2.35. The van der Waals surface area contributed by atoms with Crippen LogP contribution in [0.25, 0.3) is 0 Å². The minimum atomic E-state index is -4.03. The molecule has 1 atom stereocenters. The van der Waals surface area contributed by atoms with Crippen molar-refractivity contribution >= 4 is 10.1 Å². The molecular formula is C11H21NO5S. The normalized spacial score (nSPS) is 23.0. The first-order valence-electron chi connectivity index (χ1n) is 5.64. The molecule has 3 N–H and O–H groups in total. The maximum Gasteiger partial charge on any atom is 0.301 e. The van der Waals surface area contributed by atoms with Crippen molar-refractivity contribution in [1.82, 2.24) is 5.32 Å². The van der Waals surface area contributed by atoms with Crippen molar-refractivity contribution in [1.29, 1.82) is 0 Å². The third kappa shape index (κ3) is 4.77. The van der Waals surface area contributed by atoms with Gasteiger partial charge in [-0.05, 0) is 31.3 Å². The predicted molar refractivity (Wildman–Crippen MR) is 69.6 cm³/mol. The molecule has 0 aliphatic heterocycles. The number of allylic oxidation sites excluding steroid dienone is 1. The molecule has 0 amide bonds. The quantitative estimate of drug-likeness (QED) is 0.655. The van der Waals surface area contributed by atoms with Gasteiger partial charge in [0.1, 0.15) is 5.76 Å². The second-order valence-corrected chi connectivity index (χ2v) is 5.54. The van der Waals surface area contributed by atoms with Crippen molar-refractivity contribution in [2.24, 2.45) is 0 Å². The highest BCUT2D eigenvalue weighted by molar-refractivity contribution is 7.88. The van der Waals surface area contributed by atoms with Crippen LogP contribution in [0.2, 0.25) is 0 Å². The molecule has 0 spiro atoms. The fourth-order valence-corrected chi connectivity index (χ4v) is 1.99. The van der Waals surface area contributed by atoms with Crippen LogP contribution in [0.4, 0.5) is 0 Å². The minimum Gasteiger partial charge on any atom is -0.508 e. The average molecular weight is 279 g/mol. The molecule has 1 aliphatic rings. The van der Waals surface area contributed by atoms with Crippen molar-refractivity contribution in [3.05, 3.63) is 24.0 Å². The van der Waals surface area contributed by atoms with Crippen molar-refractivity contribution in [2.75, 3.05) is 20.2 Å². The van der Waals surface area contributed by atoms with Gasteiger partial charge in [-0.25, -0.2) is 0 Å². The van der Waals surface area contributed by atoms with Crippen molar-refractivity contribution < 1.29 is 22.8 Å². The van der Waals surface area contributed by atoms with Crippen LogP contribution in [-0.2, 0) is 14.3 Å². The third-order valence-corrected chi connectivity index (χ3v) is 3.88. The first-order chi connectivity index (χ1) is 8.33. The highest BCUT2D eigenvalue weighted by Crippen LogP contribution is 2.26. The fraction of sp³-hybridized carbons (Fsp3) is 0.636. The molecule has 0 aromatic carbocycles. The summed E-state index contributed by atoms with van der Waals surface area (Å²) in [7, 11) is -3.06. The highest BCUT2D eigenvalue weighted by Gasteiger charge is 2.40. The molecule has 0 heterocycles. The van der Waals surface area contributed by atoms with Crippen LogP contribution >= 0.6 is 0 Å². The molecule has 0 bridgehead atoms. The van der Waals surface area contributed by atoms with Gasteiger partial charge >= 0.3 is 10.1 Å². The lowest BCUT2D eigenvalue weighted by Crippen LogP contribution is -2.37. The van der Waals surface area contributed by atoms with Gasteiger partial charge in [0.25, 0.3) is 0 Å². The lowest BCUT2D eigenvalue weighted by Gasteiger charge is -2.23. The van der Waals surface area contributed by atoms with Gasteiger partial charge in [0.05, 0.1) is 7.11 Å². The molecule has 1 aliphatic carbocycles. The van der Waals surface area contributed by atoms with Crippen LogP contribution in [0.15, 0.2) is 24.0 Å². The summed E-state index contributed by atoms with van der Waals surface area (Å²) in [4.78, 5) is -2.06. The number of hydrogen-bond acceptors (Lipinski definition) is 6. The van der Waals surface area contributed by atoms with Crippen LogP contribution in [0.5, 0.6) is 0 Å². The number of aliphatic hydroxyl groups is 2.